The second-order valence-electron chi connectivity index (χ2n) is 8.95. The number of amides is 1. The Labute approximate surface area is 190 Å². The fraction of sp³-hybridized carbons (Fsp3) is 0.538. The predicted molar refractivity (Wildman–Crippen MR) is 123 cm³/mol. The predicted octanol–water partition coefficient (Wildman–Crippen LogP) is 4.28. The summed E-state index contributed by atoms with van der Waals surface area (Å²) in [7, 11) is 1.66. The third kappa shape index (κ3) is 6.00. The van der Waals surface area contributed by atoms with Crippen LogP contribution in [0.25, 0.3) is 0 Å². The van der Waals surface area contributed by atoms with Crippen molar-refractivity contribution in [2.75, 3.05) is 33.4 Å². The summed E-state index contributed by atoms with van der Waals surface area (Å²) in [6.45, 7) is 3.10. The van der Waals surface area contributed by atoms with Gasteiger partial charge in [0.05, 0.1) is 25.5 Å². The number of piperidine rings is 1. The van der Waals surface area contributed by atoms with E-state index in [1.807, 2.05) is 41.3 Å². The number of aromatic nitrogens is 1. The molecule has 0 bridgehead atoms. The fourth-order valence-corrected chi connectivity index (χ4v) is 4.87. The van der Waals surface area contributed by atoms with Crippen molar-refractivity contribution in [3.05, 3.63) is 54.4 Å². The maximum atomic E-state index is 12.7. The summed E-state index contributed by atoms with van der Waals surface area (Å²) in [5, 5.41) is 0. The van der Waals surface area contributed by atoms with Crippen LogP contribution in [0.3, 0.4) is 0 Å². The van der Waals surface area contributed by atoms with Crippen LogP contribution in [-0.2, 0) is 16.0 Å². The number of ether oxygens (including phenoxy) is 3. The number of nitrogens with zero attached hydrogens (tertiary/aromatic N) is 2. The minimum atomic E-state index is -0.0655. The Morgan fingerprint density at radius 3 is 2.72 bits per heavy atom. The van der Waals surface area contributed by atoms with Gasteiger partial charge in [0.2, 0.25) is 5.91 Å². The van der Waals surface area contributed by atoms with E-state index in [9.17, 15) is 4.79 Å². The highest BCUT2D eigenvalue weighted by Gasteiger charge is 2.40. The minimum absolute atomic E-state index is 0.0655. The van der Waals surface area contributed by atoms with Gasteiger partial charge in [0.25, 0.3) is 0 Å². The molecule has 0 N–H and O–H groups in total. The van der Waals surface area contributed by atoms with Crippen molar-refractivity contribution < 1.29 is 19.0 Å². The van der Waals surface area contributed by atoms with E-state index in [0.717, 1.165) is 69.7 Å². The van der Waals surface area contributed by atoms with Gasteiger partial charge in [0.15, 0.2) is 0 Å². The van der Waals surface area contributed by atoms with Gasteiger partial charge in [-0.3, -0.25) is 9.78 Å². The highest BCUT2D eigenvalue weighted by Crippen LogP contribution is 2.39. The van der Waals surface area contributed by atoms with E-state index in [-0.39, 0.29) is 11.5 Å². The van der Waals surface area contributed by atoms with Crippen LogP contribution in [0.4, 0.5) is 0 Å². The van der Waals surface area contributed by atoms with Crippen molar-refractivity contribution in [1.82, 2.24) is 9.88 Å². The Morgan fingerprint density at radius 1 is 1.19 bits per heavy atom. The highest BCUT2D eigenvalue weighted by molar-refractivity contribution is 5.76. The lowest BCUT2D eigenvalue weighted by molar-refractivity contribution is -0.147. The molecule has 1 unspecified atom stereocenters. The lowest BCUT2D eigenvalue weighted by atomic mass is 9.78. The fourth-order valence-electron chi connectivity index (χ4n) is 4.87. The Balaban J connectivity index is 1.19. The largest absolute Gasteiger partial charge is 0.497 e. The van der Waals surface area contributed by atoms with E-state index in [4.69, 9.17) is 14.2 Å². The summed E-state index contributed by atoms with van der Waals surface area (Å²) in [4.78, 5) is 18.9. The molecule has 2 fully saturated rings. The second-order valence-corrected chi connectivity index (χ2v) is 8.95. The number of aryl methyl sites for hydroxylation is 1. The van der Waals surface area contributed by atoms with Crippen LogP contribution in [0.15, 0.2) is 48.8 Å². The Kier molecular flexibility index (Phi) is 7.63. The van der Waals surface area contributed by atoms with Crippen LogP contribution >= 0.6 is 0 Å². The molecule has 1 atom stereocenters. The number of likely N-dealkylation sites (tertiary alicyclic amines) is 1. The molecule has 32 heavy (non-hydrogen) atoms. The van der Waals surface area contributed by atoms with Crippen molar-refractivity contribution in [3.63, 3.8) is 0 Å². The first-order valence-corrected chi connectivity index (χ1v) is 11.7. The minimum Gasteiger partial charge on any atom is -0.497 e. The summed E-state index contributed by atoms with van der Waals surface area (Å²) in [5.74, 6) is 2.53. The van der Waals surface area contributed by atoms with Gasteiger partial charge in [-0.05, 0) is 74.3 Å². The van der Waals surface area contributed by atoms with E-state index in [2.05, 4.69) is 4.98 Å². The van der Waals surface area contributed by atoms with Crippen LogP contribution in [0, 0.1) is 5.92 Å². The lowest BCUT2D eigenvalue weighted by Gasteiger charge is -2.46. The normalized spacial score (nSPS) is 20.2. The van der Waals surface area contributed by atoms with Crippen molar-refractivity contribution in [2.45, 2.75) is 50.5 Å². The topological polar surface area (TPSA) is 60.9 Å². The van der Waals surface area contributed by atoms with Gasteiger partial charge in [-0.15, -0.1) is 0 Å². The average Bonchev–Trinajstić information content (AvgIpc) is 2.84. The molecule has 1 spiro atoms. The summed E-state index contributed by atoms with van der Waals surface area (Å²) in [6, 6.07) is 11.8. The van der Waals surface area contributed by atoms with Gasteiger partial charge in [0.1, 0.15) is 11.5 Å². The molecule has 1 aromatic heterocycles. The Morgan fingerprint density at radius 2 is 2.00 bits per heavy atom. The van der Waals surface area contributed by atoms with Gasteiger partial charge in [-0.25, -0.2) is 0 Å². The van der Waals surface area contributed by atoms with Crippen LogP contribution in [0.5, 0.6) is 11.5 Å². The number of benzene rings is 1. The molecule has 6 nitrogen and oxygen atoms in total. The summed E-state index contributed by atoms with van der Waals surface area (Å²) in [6.07, 6.45) is 9.87. The molecule has 2 aliphatic heterocycles. The maximum absolute atomic E-state index is 12.7. The Bertz CT molecular complexity index is 848. The molecule has 172 valence electrons. The van der Waals surface area contributed by atoms with Crippen LogP contribution in [0.2, 0.25) is 0 Å². The van der Waals surface area contributed by atoms with Crippen molar-refractivity contribution in [3.8, 4) is 11.5 Å². The van der Waals surface area contributed by atoms with Crippen molar-refractivity contribution in [2.24, 2.45) is 5.92 Å². The molecule has 0 aliphatic carbocycles. The number of hydrogen-bond acceptors (Lipinski definition) is 5. The van der Waals surface area contributed by atoms with Crippen molar-refractivity contribution in [1.29, 1.82) is 0 Å². The van der Waals surface area contributed by atoms with Gasteiger partial charge in [-0.2, -0.15) is 0 Å². The van der Waals surface area contributed by atoms with E-state index in [1.54, 1.807) is 19.5 Å². The lowest BCUT2D eigenvalue weighted by Crippen LogP contribution is -2.51. The SMILES string of the molecule is COc1ccc(CCC(=O)N2CCC3(CC2)CC(CCOc2cccnc2)CCO3)cc1. The number of pyridine rings is 1. The third-order valence-electron chi connectivity index (χ3n) is 6.84. The zero-order chi connectivity index (χ0) is 22.2. The van der Waals surface area contributed by atoms with Crippen molar-refractivity contribution >= 4 is 5.91 Å². The molecule has 1 aromatic carbocycles. The molecule has 1 amide bonds. The number of methoxy groups -OCH3 is 1. The quantitative estimate of drug-likeness (QED) is 0.616. The van der Waals surface area contributed by atoms with E-state index in [1.165, 1.54) is 5.56 Å². The molecule has 0 radical (unpaired) electrons. The third-order valence-corrected chi connectivity index (χ3v) is 6.84. The smallest absolute Gasteiger partial charge is 0.222 e. The number of hydrogen-bond donors (Lipinski definition) is 0. The van der Waals surface area contributed by atoms with Crippen LogP contribution in [0.1, 0.15) is 44.1 Å². The molecule has 2 saturated heterocycles. The van der Waals surface area contributed by atoms with Gasteiger partial charge < -0.3 is 19.1 Å². The molecule has 4 rings (SSSR count). The molecular weight excluding hydrogens is 404 g/mol. The van der Waals surface area contributed by atoms with Gasteiger partial charge in [-0.1, -0.05) is 12.1 Å². The average molecular weight is 439 g/mol. The highest BCUT2D eigenvalue weighted by atomic mass is 16.5. The summed E-state index contributed by atoms with van der Waals surface area (Å²) >= 11 is 0. The maximum Gasteiger partial charge on any atom is 0.222 e. The van der Waals surface area contributed by atoms with Crippen LogP contribution in [-0.4, -0.2) is 54.8 Å². The summed E-state index contributed by atoms with van der Waals surface area (Å²) < 4.78 is 17.3. The number of carbonyl (C=O) groups is 1. The molecule has 2 aliphatic rings. The first kappa shape index (κ1) is 22.6. The first-order chi connectivity index (χ1) is 15.7. The monoisotopic (exact) mass is 438 g/mol. The second kappa shape index (κ2) is 10.8. The molecule has 0 saturated carbocycles. The van der Waals surface area contributed by atoms with E-state index in [0.29, 0.717) is 18.9 Å². The first-order valence-electron chi connectivity index (χ1n) is 11.7. The Hall–Kier alpha value is -2.60. The summed E-state index contributed by atoms with van der Waals surface area (Å²) in [5.41, 5.74) is 1.10. The zero-order valence-corrected chi connectivity index (χ0v) is 19.0. The molecular formula is C26H34N2O4. The number of carbonyl (C=O) groups excluding carboxylic acids is 1. The number of rotatable bonds is 8. The van der Waals surface area contributed by atoms with Gasteiger partial charge >= 0.3 is 0 Å². The molecule has 2 aromatic rings. The van der Waals surface area contributed by atoms with Crippen LogP contribution < -0.4 is 9.47 Å². The standard InChI is InChI=1S/C26H34N2O4/c1-30-23-7-4-21(5-8-23)6-9-25(29)28-15-12-26(13-16-28)19-22(11-18-32-26)10-17-31-24-3-2-14-27-20-24/h2-5,7-8,14,20,22H,6,9-13,15-19H2,1H3. The molecule has 6 heteroatoms. The van der Waals surface area contributed by atoms with Gasteiger partial charge in [0, 0.05) is 32.3 Å². The van der Waals surface area contributed by atoms with E-state index >= 15 is 0 Å². The van der Waals surface area contributed by atoms with E-state index < -0.39 is 0 Å². The zero-order valence-electron chi connectivity index (χ0n) is 19.0. The molecule has 3 heterocycles.